The standard InChI is InChI=1S/C11H20N2/c12-3-4-13-6-10-8-1-2-9(5-8)11(10)7-13/h8-11H,1-7,12H2. The van der Waals surface area contributed by atoms with Crippen LogP contribution in [0.1, 0.15) is 19.3 Å². The van der Waals surface area contributed by atoms with Gasteiger partial charge in [-0.25, -0.2) is 0 Å². The quantitative estimate of drug-likeness (QED) is 0.685. The van der Waals surface area contributed by atoms with Crippen LogP contribution in [0.2, 0.25) is 0 Å². The largest absolute Gasteiger partial charge is 0.329 e. The van der Waals surface area contributed by atoms with Gasteiger partial charge in [0.1, 0.15) is 0 Å². The molecule has 2 aliphatic carbocycles. The van der Waals surface area contributed by atoms with Gasteiger partial charge in [-0.3, -0.25) is 0 Å². The van der Waals surface area contributed by atoms with Crippen LogP contribution in [0, 0.1) is 23.7 Å². The molecular formula is C11H20N2. The molecule has 4 unspecified atom stereocenters. The van der Waals surface area contributed by atoms with Crippen LogP contribution < -0.4 is 5.73 Å². The van der Waals surface area contributed by atoms with Crippen LogP contribution in [0.4, 0.5) is 0 Å². The van der Waals surface area contributed by atoms with Crippen molar-refractivity contribution in [1.82, 2.24) is 4.90 Å². The third kappa shape index (κ3) is 1.15. The highest BCUT2D eigenvalue weighted by Crippen LogP contribution is 2.54. The van der Waals surface area contributed by atoms with Crippen molar-refractivity contribution >= 4 is 0 Å². The first kappa shape index (κ1) is 8.25. The summed E-state index contributed by atoms with van der Waals surface area (Å²) in [5.41, 5.74) is 5.60. The van der Waals surface area contributed by atoms with Crippen LogP contribution in [0.5, 0.6) is 0 Å². The summed E-state index contributed by atoms with van der Waals surface area (Å²) in [7, 11) is 0. The van der Waals surface area contributed by atoms with E-state index in [1.165, 1.54) is 25.9 Å². The van der Waals surface area contributed by atoms with Crippen molar-refractivity contribution < 1.29 is 0 Å². The molecule has 0 aromatic carbocycles. The molecule has 0 aromatic heterocycles. The molecule has 13 heavy (non-hydrogen) atoms. The zero-order valence-corrected chi connectivity index (χ0v) is 8.28. The van der Waals surface area contributed by atoms with Crippen LogP contribution >= 0.6 is 0 Å². The topological polar surface area (TPSA) is 29.3 Å². The van der Waals surface area contributed by atoms with Crippen molar-refractivity contribution in [3.8, 4) is 0 Å². The fourth-order valence-electron chi connectivity index (χ4n) is 4.13. The monoisotopic (exact) mass is 180 g/mol. The minimum absolute atomic E-state index is 0.842. The van der Waals surface area contributed by atoms with Crippen LogP contribution in [-0.2, 0) is 0 Å². The van der Waals surface area contributed by atoms with E-state index in [1.54, 1.807) is 6.42 Å². The Bertz CT molecular complexity index is 186. The van der Waals surface area contributed by atoms with Crippen molar-refractivity contribution in [2.45, 2.75) is 19.3 Å². The molecule has 3 aliphatic rings. The van der Waals surface area contributed by atoms with Crippen molar-refractivity contribution in [2.24, 2.45) is 29.4 Å². The molecule has 1 saturated heterocycles. The van der Waals surface area contributed by atoms with Crippen molar-refractivity contribution in [3.63, 3.8) is 0 Å². The first-order valence-electron chi connectivity index (χ1n) is 5.81. The van der Waals surface area contributed by atoms with Gasteiger partial charge in [0.25, 0.3) is 0 Å². The van der Waals surface area contributed by atoms with E-state index in [1.807, 2.05) is 0 Å². The van der Waals surface area contributed by atoms with Gasteiger partial charge in [-0.05, 0) is 42.9 Å². The summed E-state index contributed by atoms with van der Waals surface area (Å²) >= 11 is 0. The lowest BCUT2D eigenvalue weighted by molar-refractivity contribution is 0.281. The predicted octanol–water partition coefficient (Wildman–Crippen LogP) is 0.923. The zero-order valence-electron chi connectivity index (χ0n) is 8.28. The molecule has 2 nitrogen and oxygen atoms in total. The number of nitrogens with two attached hydrogens (primary N) is 1. The van der Waals surface area contributed by atoms with Gasteiger partial charge in [0.05, 0.1) is 0 Å². The molecular weight excluding hydrogens is 160 g/mol. The molecule has 3 rings (SSSR count). The molecule has 1 aliphatic heterocycles. The summed E-state index contributed by atoms with van der Waals surface area (Å²) in [5.74, 6) is 4.31. The van der Waals surface area contributed by atoms with E-state index in [0.717, 1.165) is 36.8 Å². The molecule has 3 fully saturated rings. The fraction of sp³-hybridized carbons (Fsp3) is 1.00. The Balaban J connectivity index is 1.69. The number of nitrogens with zero attached hydrogens (tertiary/aromatic N) is 1. The van der Waals surface area contributed by atoms with Crippen LogP contribution in [0.25, 0.3) is 0 Å². The van der Waals surface area contributed by atoms with E-state index in [2.05, 4.69) is 4.90 Å². The normalized spacial score (nSPS) is 48.7. The molecule has 1 heterocycles. The van der Waals surface area contributed by atoms with Crippen molar-refractivity contribution in [1.29, 1.82) is 0 Å². The average molecular weight is 180 g/mol. The van der Waals surface area contributed by atoms with E-state index in [4.69, 9.17) is 5.73 Å². The van der Waals surface area contributed by atoms with E-state index in [0.29, 0.717) is 0 Å². The predicted molar refractivity (Wildman–Crippen MR) is 53.3 cm³/mol. The van der Waals surface area contributed by atoms with Gasteiger partial charge in [0.2, 0.25) is 0 Å². The summed E-state index contributed by atoms with van der Waals surface area (Å²) in [6, 6.07) is 0. The SMILES string of the molecule is NCCN1CC2C3CCC(C3)C2C1. The highest BCUT2D eigenvalue weighted by atomic mass is 15.2. The second kappa shape index (κ2) is 2.96. The Morgan fingerprint density at radius 1 is 1.08 bits per heavy atom. The van der Waals surface area contributed by atoms with Gasteiger partial charge in [-0.15, -0.1) is 0 Å². The van der Waals surface area contributed by atoms with Gasteiger partial charge in [0.15, 0.2) is 0 Å². The Hall–Kier alpha value is -0.0800. The fourth-order valence-corrected chi connectivity index (χ4v) is 4.13. The third-order valence-corrected chi connectivity index (χ3v) is 4.66. The van der Waals surface area contributed by atoms with Crippen LogP contribution in [-0.4, -0.2) is 31.1 Å². The maximum absolute atomic E-state index is 5.60. The number of rotatable bonds is 2. The molecule has 0 aromatic rings. The molecule has 2 saturated carbocycles. The van der Waals surface area contributed by atoms with Gasteiger partial charge >= 0.3 is 0 Å². The van der Waals surface area contributed by atoms with Gasteiger partial charge in [-0.2, -0.15) is 0 Å². The first-order chi connectivity index (χ1) is 6.38. The minimum Gasteiger partial charge on any atom is -0.329 e. The summed E-state index contributed by atoms with van der Waals surface area (Å²) < 4.78 is 0. The van der Waals surface area contributed by atoms with E-state index in [9.17, 15) is 0 Å². The van der Waals surface area contributed by atoms with Crippen molar-refractivity contribution in [2.75, 3.05) is 26.2 Å². The Morgan fingerprint density at radius 3 is 2.23 bits per heavy atom. The van der Waals surface area contributed by atoms with Crippen molar-refractivity contribution in [3.05, 3.63) is 0 Å². The number of hydrogen-bond acceptors (Lipinski definition) is 2. The molecule has 2 bridgehead atoms. The minimum atomic E-state index is 0.842. The number of hydrogen-bond donors (Lipinski definition) is 1. The Kier molecular flexibility index (Phi) is 1.88. The maximum atomic E-state index is 5.60. The molecule has 2 heteroatoms. The lowest BCUT2D eigenvalue weighted by Crippen LogP contribution is -2.28. The number of fused-ring (bicyclic) bond motifs is 5. The lowest BCUT2D eigenvalue weighted by Gasteiger charge is -2.22. The molecule has 0 radical (unpaired) electrons. The first-order valence-corrected chi connectivity index (χ1v) is 5.81. The zero-order chi connectivity index (χ0) is 8.84. The van der Waals surface area contributed by atoms with Crippen LogP contribution in [0.15, 0.2) is 0 Å². The molecule has 74 valence electrons. The summed E-state index contributed by atoms with van der Waals surface area (Å²) in [6.45, 7) is 4.70. The summed E-state index contributed by atoms with van der Waals surface area (Å²) in [5, 5.41) is 0. The van der Waals surface area contributed by atoms with Gasteiger partial charge < -0.3 is 10.6 Å². The smallest absolute Gasteiger partial charge is 0.0105 e. The highest BCUT2D eigenvalue weighted by molar-refractivity contribution is 5.01. The molecule has 2 N–H and O–H groups in total. The Labute approximate surface area is 80.5 Å². The lowest BCUT2D eigenvalue weighted by atomic mass is 9.82. The third-order valence-electron chi connectivity index (χ3n) is 4.66. The van der Waals surface area contributed by atoms with Gasteiger partial charge in [-0.1, -0.05) is 0 Å². The second-order valence-corrected chi connectivity index (χ2v) is 5.21. The highest BCUT2D eigenvalue weighted by Gasteiger charge is 2.51. The van der Waals surface area contributed by atoms with E-state index in [-0.39, 0.29) is 0 Å². The second-order valence-electron chi connectivity index (χ2n) is 5.21. The molecule has 0 amide bonds. The Morgan fingerprint density at radius 2 is 1.69 bits per heavy atom. The van der Waals surface area contributed by atoms with Crippen LogP contribution in [0.3, 0.4) is 0 Å². The van der Waals surface area contributed by atoms with E-state index >= 15 is 0 Å². The maximum Gasteiger partial charge on any atom is 0.0105 e. The number of likely N-dealkylation sites (tertiary alicyclic amines) is 1. The summed E-state index contributed by atoms with van der Waals surface area (Å²) in [4.78, 5) is 2.60. The summed E-state index contributed by atoms with van der Waals surface area (Å²) in [6.07, 6.45) is 4.62. The average Bonchev–Trinajstić information content (AvgIpc) is 2.72. The molecule has 4 atom stereocenters. The van der Waals surface area contributed by atoms with E-state index < -0.39 is 0 Å². The molecule has 0 spiro atoms. The van der Waals surface area contributed by atoms with Gasteiger partial charge in [0, 0.05) is 26.2 Å².